The molecule has 24 heavy (non-hydrogen) atoms. The van der Waals surface area contributed by atoms with E-state index in [-0.39, 0.29) is 5.02 Å². The van der Waals surface area contributed by atoms with E-state index in [1.165, 1.54) is 31.5 Å². The first kappa shape index (κ1) is 15.8. The first-order valence-electron chi connectivity index (χ1n) is 6.92. The van der Waals surface area contributed by atoms with Gasteiger partial charge in [0.2, 0.25) is 0 Å². The van der Waals surface area contributed by atoms with Crippen LogP contribution < -0.4 is 15.8 Å². The molecule has 0 aliphatic heterocycles. The molecule has 3 N–H and O–H groups in total. The molecule has 3 rings (SSSR count). The first-order valence-corrected chi connectivity index (χ1v) is 7.29. The van der Waals surface area contributed by atoms with Crippen LogP contribution in [0.1, 0.15) is 5.56 Å². The lowest BCUT2D eigenvalue weighted by atomic mass is 10.1. The highest BCUT2D eigenvalue weighted by molar-refractivity contribution is 6.31. The molecule has 0 amide bonds. The molecule has 0 saturated carbocycles. The SMILES string of the molecule is COc1cc2ncc(C#N)c(Nc3ccc(F)c(Cl)c3)c2cc1N. The number of fused-ring (bicyclic) bond motifs is 1. The molecule has 2 aromatic carbocycles. The fourth-order valence-electron chi connectivity index (χ4n) is 2.35. The van der Waals surface area contributed by atoms with Crippen LogP contribution in [0, 0.1) is 17.1 Å². The fourth-order valence-corrected chi connectivity index (χ4v) is 2.53. The lowest BCUT2D eigenvalue weighted by Crippen LogP contribution is -1.99. The van der Waals surface area contributed by atoms with Crippen molar-refractivity contribution in [1.82, 2.24) is 4.98 Å². The summed E-state index contributed by atoms with van der Waals surface area (Å²) in [6, 6.07) is 9.66. The number of ether oxygens (including phenoxy) is 1. The summed E-state index contributed by atoms with van der Waals surface area (Å²) in [5.74, 6) is -0.0215. The Hall–Kier alpha value is -3.04. The molecule has 1 heterocycles. The number of nitrogen functional groups attached to an aromatic ring is 1. The third-order valence-corrected chi connectivity index (χ3v) is 3.82. The van der Waals surface area contributed by atoms with E-state index in [9.17, 15) is 9.65 Å². The van der Waals surface area contributed by atoms with Gasteiger partial charge in [0.15, 0.2) is 0 Å². The summed E-state index contributed by atoms with van der Waals surface area (Å²) in [6.45, 7) is 0. The van der Waals surface area contributed by atoms with Gasteiger partial charge < -0.3 is 15.8 Å². The van der Waals surface area contributed by atoms with Crippen LogP contribution in [0.2, 0.25) is 5.02 Å². The van der Waals surface area contributed by atoms with Crippen LogP contribution in [0.3, 0.4) is 0 Å². The largest absolute Gasteiger partial charge is 0.495 e. The van der Waals surface area contributed by atoms with E-state index in [4.69, 9.17) is 22.1 Å². The van der Waals surface area contributed by atoms with Crippen molar-refractivity contribution >= 4 is 39.6 Å². The summed E-state index contributed by atoms with van der Waals surface area (Å²) >= 11 is 5.81. The van der Waals surface area contributed by atoms with E-state index in [0.29, 0.717) is 39.3 Å². The van der Waals surface area contributed by atoms with Gasteiger partial charge in [0.1, 0.15) is 17.6 Å². The van der Waals surface area contributed by atoms with Crippen LogP contribution >= 0.6 is 11.6 Å². The predicted molar refractivity (Wildman–Crippen MR) is 92.1 cm³/mol. The number of benzene rings is 2. The lowest BCUT2D eigenvalue weighted by molar-refractivity contribution is 0.417. The Labute approximate surface area is 142 Å². The smallest absolute Gasteiger partial charge is 0.143 e. The van der Waals surface area contributed by atoms with Crippen molar-refractivity contribution in [3.63, 3.8) is 0 Å². The van der Waals surface area contributed by atoms with Gasteiger partial charge in [-0.05, 0) is 24.3 Å². The van der Waals surface area contributed by atoms with Gasteiger partial charge in [-0.25, -0.2) is 4.39 Å². The molecule has 0 unspecified atom stereocenters. The van der Waals surface area contributed by atoms with Crippen LogP contribution in [-0.4, -0.2) is 12.1 Å². The molecule has 0 saturated heterocycles. The average molecular weight is 343 g/mol. The van der Waals surface area contributed by atoms with Crippen molar-refractivity contribution in [2.45, 2.75) is 0 Å². The number of pyridine rings is 1. The highest BCUT2D eigenvalue weighted by atomic mass is 35.5. The minimum Gasteiger partial charge on any atom is -0.495 e. The molecule has 0 spiro atoms. The minimum atomic E-state index is -0.517. The molecule has 5 nitrogen and oxygen atoms in total. The fraction of sp³-hybridized carbons (Fsp3) is 0.0588. The predicted octanol–water partition coefficient (Wildman–Crippen LogP) is 4.23. The number of rotatable bonds is 3. The van der Waals surface area contributed by atoms with Crippen LogP contribution in [0.25, 0.3) is 10.9 Å². The summed E-state index contributed by atoms with van der Waals surface area (Å²) in [7, 11) is 1.51. The number of methoxy groups -OCH3 is 1. The van der Waals surface area contributed by atoms with Gasteiger partial charge in [-0.1, -0.05) is 11.6 Å². The zero-order valence-corrected chi connectivity index (χ0v) is 13.4. The Morgan fingerprint density at radius 1 is 1.33 bits per heavy atom. The van der Waals surface area contributed by atoms with Gasteiger partial charge in [-0.15, -0.1) is 0 Å². The molecule has 120 valence electrons. The van der Waals surface area contributed by atoms with Crippen LogP contribution in [0.15, 0.2) is 36.5 Å². The Kier molecular flexibility index (Phi) is 4.11. The Bertz CT molecular complexity index is 984. The standard InChI is InChI=1S/C17H12ClFN4O/c1-24-16-6-15-11(5-14(16)21)17(9(7-20)8-22-15)23-10-2-3-13(19)12(18)4-10/h2-6,8H,21H2,1H3,(H,22,23). The Balaban J connectivity index is 2.19. The average Bonchev–Trinajstić information content (AvgIpc) is 2.58. The van der Waals surface area contributed by atoms with Crippen molar-refractivity contribution in [2.75, 3.05) is 18.2 Å². The topological polar surface area (TPSA) is 84.0 Å². The number of nitrogens with one attached hydrogen (secondary N) is 1. The molecule has 0 bridgehead atoms. The van der Waals surface area contributed by atoms with E-state index in [0.717, 1.165) is 0 Å². The Morgan fingerprint density at radius 3 is 2.79 bits per heavy atom. The number of aromatic nitrogens is 1. The highest BCUT2D eigenvalue weighted by Crippen LogP contribution is 2.34. The molecule has 0 aliphatic carbocycles. The summed E-state index contributed by atoms with van der Waals surface area (Å²) < 4.78 is 18.5. The van der Waals surface area contributed by atoms with Crippen molar-refractivity contribution in [1.29, 1.82) is 5.26 Å². The number of hydrogen-bond acceptors (Lipinski definition) is 5. The number of nitriles is 1. The maximum atomic E-state index is 13.3. The van der Waals surface area contributed by atoms with Crippen molar-refractivity contribution in [2.24, 2.45) is 0 Å². The van der Waals surface area contributed by atoms with Crippen LogP contribution in [0.5, 0.6) is 5.75 Å². The summed E-state index contributed by atoms with van der Waals surface area (Å²) in [4.78, 5) is 4.25. The minimum absolute atomic E-state index is 0.0157. The first-order chi connectivity index (χ1) is 11.5. The van der Waals surface area contributed by atoms with Gasteiger partial charge >= 0.3 is 0 Å². The molecule has 1 aromatic heterocycles. The number of nitrogens with zero attached hydrogens (tertiary/aromatic N) is 2. The highest BCUT2D eigenvalue weighted by Gasteiger charge is 2.13. The van der Waals surface area contributed by atoms with Gasteiger partial charge in [0.05, 0.1) is 34.6 Å². The number of nitrogens with two attached hydrogens (primary N) is 1. The molecule has 3 aromatic rings. The van der Waals surface area contributed by atoms with Crippen LogP contribution in [-0.2, 0) is 0 Å². The molecular weight excluding hydrogens is 331 g/mol. The van der Waals surface area contributed by atoms with E-state index in [2.05, 4.69) is 16.4 Å². The second-order valence-corrected chi connectivity index (χ2v) is 5.43. The summed E-state index contributed by atoms with van der Waals surface area (Å²) in [5.41, 5.74) is 8.37. The van der Waals surface area contributed by atoms with Gasteiger partial charge in [-0.3, -0.25) is 4.98 Å². The molecule has 0 aliphatic rings. The van der Waals surface area contributed by atoms with E-state index in [1.807, 2.05) is 0 Å². The summed E-state index contributed by atoms with van der Waals surface area (Å²) in [6.07, 6.45) is 1.45. The van der Waals surface area contributed by atoms with Crippen LogP contribution in [0.4, 0.5) is 21.5 Å². The van der Waals surface area contributed by atoms with Gasteiger partial charge in [0, 0.05) is 23.3 Å². The molecule has 0 atom stereocenters. The molecule has 0 fully saturated rings. The Morgan fingerprint density at radius 2 is 2.12 bits per heavy atom. The van der Waals surface area contributed by atoms with Crippen molar-refractivity contribution in [3.8, 4) is 11.8 Å². The second kappa shape index (κ2) is 6.22. The third kappa shape index (κ3) is 2.77. The van der Waals surface area contributed by atoms with E-state index in [1.54, 1.807) is 12.1 Å². The molecular formula is C17H12ClFN4O. The zero-order chi connectivity index (χ0) is 17.3. The summed E-state index contributed by atoms with van der Waals surface area (Å²) in [5, 5.41) is 13.1. The number of halogens is 2. The quantitative estimate of drug-likeness (QED) is 0.696. The number of anilines is 3. The monoisotopic (exact) mass is 342 g/mol. The third-order valence-electron chi connectivity index (χ3n) is 3.53. The van der Waals surface area contributed by atoms with E-state index < -0.39 is 5.82 Å². The van der Waals surface area contributed by atoms with Gasteiger partial charge in [0.25, 0.3) is 0 Å². The number of hydrogen-bond donors (Lipinski definition) is 2. The second-order valence-electron chi connectivity index (χ2n) is 5.02. The van der Waals surface area contributed by atoms with E-state index >= 15 is 0 Å². The lowest BCUT2D eigenvalue weighted by Gasteiger charge is -2.13. The molecule has 0 radical (unpaired) electrons. The normalized spacial score (nSPS) is 10.4. The molecule has 7 heteroatoms. The maximum Gasteiger partial charge on any atom is 0.143 e. The van der Waals surface area contributed by atoms with Crippen molar-refractivity contribution < 1.29 is 9.13 Å². The zero-order valence-electron chi connectivity index (χ0n) is 12.6. The maximum absolute atomic E-state index is 13.3. The van der Waals surface area contributed by atoms with Crippen molar-refractivity contribution in [3.05, 3.63) is 52.9 Å². The van der Waals surface area contributed by atoms with Gasteiger partial charge in [-0.2, -0.15) is 5.26 Å².